The number of nitrogens with zero attached hydrogens (tertiary/aromatic N) is 3. The molecule has 10 heteroatoms. The molecule has 4 rings (SSSR count). The predicted molar refractivity (Wildman–Crippen MR) is 129 cm³/mol. The summed E-state index contributed by atoms with van der Waals surface area (Å²) >= 11 is 9.46. The molecule has 0 atom stereocenters. The number of aryl methyl sites for hydroxylation is 1. The number of ether oxygens (including phenoxy) is 1. The number of halogens is 1. The second-order valence-electron chi connectivity index (χ2n) is 7.52. The summed E-state index contributed by atoms with van der Waals surface area (Å²) in [5.41, 5.74) is 2.40. The van der Waals surface area contributed by atoms with Crippen molar-refractivity contribution in [3.63, 3.8) is 0 Å². The molecule has 1 saturated heterocycles. The van der Waals surface area contributed by atoms with Gasteiger partial charge in [0.2, 0.25) is 0 Å². The van der Waals surface area contributed by atoms with Gasteiger partial charge in [0.25, 0.3) is 5.91 Å². The first-order valence-corrected chi connectivity index (χ1v) is 12.5. The van der Waals surface area contributed by atoms with Gasteiger partial charge in [-0.2, -0.15) is 0 Å². The fourth-order valence-electron chi connectivity index (χ4n) is 3.55. The Morgan fingerprint density at radius 3 is 2.69 bits per heavy atom. The summed E-state index contributed by atoms with van der Waals surface area (Å²) in [6, 6.07) is 3.69. The molecule has 7 nitrogen and oxygen atoms in total. The van der Waals surface area contributed by atoms with Gasteiger partial charge in [0.15, 0.2) is 5.13 Å². The van der Waals surface area contributed by atoms with E-state index in [1.807, 2.05) is 24.1 Å². The lowest BCUT2D eigenvalue weighted by atomic mass is 9.97. The average molecular weight is 491 g/mol. The molecular formula is C22H23ClN4O3S2. The Hall–Kier alpha value is -2.49. The molecule has 3 aromatic rings. The number of hydrogen-bond donors (Lipinski definition) is 1. The summed E-state index contributed by atoms with van der Waals surface area (Å²) in [5, 5.41) is 7.75. The molecule has 168 valence electrons. The Labute approximate surface area is 199 Å². The third-order valence-corrected chi connectivity index (χ3v) is 7.31. The number of carbonyl (C=O) groups excluding carboxylic acids is 2. The monoisotopic (exact) mass is 490 g/mol. The molecule has 0 saturated carbocycles. The Bertz CT molecular complexity index is 1120. The van der Waals surface area contributed by atoms with Crippen molar-refractivity contribution in [2.75, 3.05) is 29.9 Å². The van der Waals surface area contributed by atoms with Gasteiger partial charge in [-0.1, -0.05) is 11.6 Å². The molecule has 1 aliphatic rings. The Kier molecular flexibility index (Phi) is 7.07. The summed E-state index contributed by atoms with van der Waals surface area (Å²) in [6.07, 6.45) is 2.90. The molecule has 0 aliphatic carbocycles. The first-order valence-electron chi connectivity index (χ1n) is 10.3. The molecular weight excluding hydrogens is 468 g/mol. The van der Waals surface area contributed by atoms with Gasteiger partial charge >= 0.3 is 5.97 Å². The number of thiazole rings is 1. The van der Waals surface area contributed by atoms with Crippen LogP contribution in [0.15, 0.2) is 29.1 Å². The number of rotatable bonds is 6. The number of anilines is 2. The van der Waals surface area contributed by atoms with E-state index < -0.39 is 0 Å². The normalized spacial score (nSPS) is 14.4. The molecule has 1 amide bonds. The van der Waals surface area contributed by atoms with E-state index in [1.165, 1.54) is 23.1 Å². The Morgan fingerprint density at radius 2 is 2.03 bits per heavy atom. The zero-order valence-corrected chi connectivity index (χ0v) is 20.1. The van der Waals surface area contributed by atoms with Gasteiger partial charge < -0.3 is 9.64 Å². The van der Waals surface area contributed by atoms with E-state index in [1.54, 1.807) is 17.4 Å². The number of thiophene rings is 1. The quantitative estimate of drug-likeness (QED) is 0.474. The van der Waals surface area contributed by atoms with E-state index in [0.717, 1.165) is 10.6 Å². The maximum absolute atomic E-state index is 12.7. The van der Waals surface area contributed by atoms with Crippen molar-refractivity contribution in [1.82, 2.24) is 9.97 Å². The highest BCUT2D eigenvalue weighted by Gasteiger charge is 2.27. The van der Waals surface area contributed by atoms with Crippen molar-refractivity contribution in [3.05, 3.63) is 45.2 Å². The minimum absolute atomic E-state index is 0.0868. The maximum atomic E-state index is 12.7. The van der Waals surface area contributed by atoms with Gasteiger partial charge in [-0.25, -0.2) is 9.97 Å². The molecule has 0 bridgehead atoms. The Balaban J connectivity index is 1.38. The van der Waals surface area contributed by atoms with Crippen molar-refractivity contribution in [2.45, 2.75) is 26.7 Å². The number of hydrogen-bond acceptors (Lipinski definition) is 8. The van der Waals surface area contributed by atoms with E-state index >= 15 is 0 Å². The summed E-state index contributed by atoms with van der Waals surface area (Å²) in [5.74, 6) is 0.0828. The molecule has 1 aliphatic heterocycles. The largest absolute Gasteiger partial charge is 0.466 e. The summed E-state index contributed by atoms with van der Waals surface area (Å²) in [4.78, 5) is 36.6. The third-order valence-electron chi connectivity index (χ3n) is 5.21. The highest BCUT2D eigenvalue weighted by Crippen LogP contribution is 2.31. The number of esters is 1. The van der Waals surface area contributed by atoms with Gasteiger partial charge in [-0.05, 0) is 49.8 Å². The van der Waals surface area contributed by atoms with Crippen LogP contribution in [0.25, 0.3) is 10.6 Å². The molecule has 0 aromatic carbocycles. The number of piperidine rings is 1. The minimum atomic E-state index is -0.310. The van der Waals surface area contributed by atoms with Crippen molar-refractivity contribution < 1.29 is 14.3 Å². The standard InChI is InChI=1S/C22H23ClN4O3S2/c1-3-30-21(29)14-4-6-27(7-5-14)19-16(23)9-15(10-24-19)20(28)26-22-25-17(12-32-22)18-8-13(2)11-31-18/h8-12,14H,3-7H2,1-2H3,(H,25,26,28). The van der Waals surface area contributed by atoms with Crippen LogP contribution in [0.3, 0.4) is 0 Å². The van der Waals surface area contributed by atoms with E-state index in [-0.39, 0.29) is 17.8 Å². The van der Waals surface area contributed by atoms with Crippen molar-refractivity contribution >= 4 is 57.1 Å². The first-order chi connectivity index (χ1) is 15.4. The van der Waals surface area contributed by atoms with Crippen LogP contribution in [0.5, 0.6) is 0 Å². The van der Waals surface area contributed by atoms with Gasteiger partial charge in [0.1, 0.15) is 5.82 Å². The molecule has 1 N–H and O–H groups in total. The zero-order valence-electron chi connectivity index (χ0n) is 17.8. The van der Waals surface area contributed by atoms with Crippen LogP contribution in [0.1, 0.15) is 35.7 Å². The van der Waals surface area contributed by atoms with Crippen molar-refractivity contribution in [3.8, 4) is 10.6 Å². The summed E-state index contributed by atoms with van der Waals surface area (Å²) < 4.78 is 5.12. The van der Waals surface area contributed by atoms with Crippen LogP contribution in [0, 0.1) is 12.8 Å². The lowest BCUT2D eigenvalue weighted by Gasteiger charge is -2.32. The maximum Gasteiger partial charge on any atom is 0.309 e. The topological polar surface area (TPSA) is 84.4 Å². The van der Waals surface area contributed by atoms with Gasteiger partial charge in [-0.15, -0.1) is 22.7 Å². The van der Waals surface area contributed by atoms with E-state index in [4.69, 9.17) is 16.3 Å². The van der Waals surface area contributed by atoms with Crippen molar-refractivity contribution in [2.24, 2.45) is 5.92 Å². The second kappa shape index (κ2) is 9.97. The molecule has 32 heavy (non-hydrogen) atoms. The summed E-state index contributed by atoms with van der Waals surface area (Å²) in [6.45, 7) is 5.56. The van der Waals surface area contributed by atoms with Gasteiger partial charge in [0, 0.05) is 24.7 Å². The fourth-order valence-corrected chi connectivity index (χ4v) is 5.48. The van der Waals surface area contributed by atoms with Gasteiger partial charge in [0.05, 0.1) is 33.7 Å². The number of carbonyl (C=O) groups is 2. The highest BCUT2D eigenvalue weighted by molar-refractivity contribution is 7.16. The lowest BCUT2D eigenvalue weighted by molar-refractivity contribution is -0.148. The Morgan fingerprint density at radius 1 is 1.25 bits per heavy atom. The van der Waals surface area contributed by atoms with E-state index in [2.05, 4.69) is 26.7 Å². The van der Waals surface area contributed by atoms with Crippen LogP contribution < -0.4 is 10.2 Å². The molecule has 4 heterocycles. The van der Waals surface area contributed by atoms with Crippen LogP contribution in [0.2, 0.25) is 5.02 Å². The first kappa shape index (κ1) is 22.7. The molecule has 0 radical (unpaired) electrons. The number of pyridine rings is 1. The van der Waals surface area contributed by atoms with Crippen LogP contribution in [0.4, 0.5) is 10.9 Å². The molecule has 0 spiro atoms. The predicted octanol–water partition coefficient (Wildman–Crippen LogP) is 5.26. The van der Waals surface area contributed by atoms with E-state index in [9.17, 15) is 9.59 Å². The SMILES string of the molecule is CCOC(=O)C1CCN(c2ncc(C(=O)Nc3nc(-c4cc(C)cs4)cs3)cc2Cl)CC1. The van der Waals surface area contributed by atoms with Crippen LogP contribution >= 0.6 is 34.3 Å². The smallest absolute Gasteiger partial charge is 0.309 e. The number of nitrogens with one attached hydrogen (secondary N) is 1. The molecule has 1 fully saturated rings. The minimum Gasteiger partial charge on any atom is -0.466 e. The second-order valence-corrected chi connectivity index (χ2v) is 9.70. The molecule has 3 aromatic heterocycles. The van der Waals surface area contributed by atoms with Gasteiger partial charge in [-0.3, -0.25) is 14.9 Å². The fraction of sp³-hybridized carbons (Fsp3) is 0.364. The molecule has 0 unspecified atom stereocenters. The summed E-state index contributed by atoms with van der Waals surface area (Å²) in [7, 11) is 0. The van der Waals surface area contributed by atoms with Crippen LogP contribution in [-0.4, -0.2) is 41.5 Å². The zero-order chi connectivity index (χ0) is 22.7. The third kappa shape index (κ3) is 5.11. The number of aromatic nitrogens is 2. The number of amides is 1. The van der Waals surface area contributed by atoms with Crippen molar-refractivity contribution in [1.29, 1.82) is 0 Å². The lowest BCUT2D eigenvalue weighted by Crippen LogP contribution is -2.37. The average Bonchev–Trinajstić information content (AvgIpc) is 3.43. The van der Waals surface area contributed by atoms with Crippen LogP contribution in [-0.2, 0) is 9.53 Å². The highest BCUT2D eigenvalue weighted by atomic mass is 35.5. The van der Waals surface area contributed by atoms with E-state index in [0.29, 0.717) is 54.1 Å².